The molecule has 0 spiro atoms. The van der Waals surface area contributed by atoms with E-state index in [0.29, 0.717) is 44.8 Å². The minimum atomic E-state index is -1.02. The molecular formula is C27H36N4O8. The number of rotatable bonds is 16. The average Bonchev–Trinajstić information content (AvgIpc) is 3.69. The van der Waals surface area contributed by atoms with Crippen molar-refractivity contribution in [3.63, 3.8) is 0 Å². The highest BCUT2D eigenvalue weighted by molar-refractivity contribution is 5.89. The molecule has 212 valence electrons. The molecule has 1 aliphatic heterocycles. The molecule has 0 radical (unpaired) electrons. The van der Waals surface area contributed by atoms with Crippen LogP contribution in [0.1, 0.15) is 35.9 Å². The molecule has 1 saturated heterocycles. The first-order valence-corrected chi connectivity index (χ1v) is 12.8. The first-order chi connectivity index (χ1) is 18.9. The van der Waals surface area contributed by atoms with Gasteiger partial charge in [-0.3, -0.25) is 0 Å². The SMILES string of the molecule is C[C@H](OC(=O)NCCNCCNCCNC(=O)O[C@@H](C)OC1OC1c1ccccc1)OC(=O)c1ccccc1. The van der Waals surface area contributed by atoms with Crippen LogP contribution < -0.4 is 21.3 Å². The number of alkyl carbamates (subject to hydrolysis) is 2. The summed E-state index contributed by atoms with van der Waals surface area (Å²) < 4.78 is 26.3. The summed E-state index contributed by atoms with van der Waals surface area (Å²) in [5.41, 5.74) is 1.40. The van der Waals surface area contributed by atoms with E-state index in [0.717, 1.165) is 5.56 Å². The van der Waals surface area contributed by atoms with Crippen LogP contribution in [0.3, 0.4) is 0 Å². The van der Waals surface area contributed by atoms with Crippen LogP contribution in [0.15, 0.2) is 60.7 Å². The molecule has 2 aromatic rings. The van der Waals surface area contributed by atoms with E-state index < -0.39 is 37.0 Å². The Bertz CT molecular complexity index is 1030. The van der Waals surface area contributed by atoms with Crippen molar-refractivity contribution in [3.05, 3.63) is 71.8 Å². The molecule has 39 heavy (non-hydrogen) atoms. The normalized spacial score (nSPS) is 17.4. The smallest absolute Gasteiger partial charge is 0.410 e. The summed E-state index contributed by atoms with van der Waals surface area (Å²) in [6, 6.07) is 18.2. The first-order valence-electron chi connectivity index (χ1n) is 12.8. The predicted octanol–water partition coefficient (Wildman–Crippen LogP) is 2.28. The topological polar surface area (TPSA) is 149 Å². The van der Waals surface area contributed by atoms with E-state index in [2.05, 4.69) is 21.3 Å². The number of amides is 2. The summed E-state index contributed by atoms with van der Waals surface area (Å²) in [6.07, 6.45) is -3.56. The summed E-state index contributed by atoms with van der Waals surface area (Å²) in [6.45, 7) is 6.22. The van der Waals surface area contributed by atoms with E-state index in [-0.39, 0.29) is 6.10 Å². The van der Waals surface area contributed by atoms with Crippen LogP contribution in [0.25, 0.3) is 0 Å². The number of esters is 1. The second kappa shape index (κ2) is 16.3. The number of carbonyl (C=O) groups is 3. The monoisotopic (exact) mass is 544 g/mol. The third-order valence-electron chi connectivity index (χ3n) is 5.35. The Kier molecular flexibility index (Phi) is 12.5. The first kappa shape index (κ1) is 29.8. The molecule has 12 nitrogen and oxygen atoms in total. The number of epoxide rings is 1. The molecule has 0 aliphatic carbocycles. The van der Waals surface area contributed by atoms with Crippen LogP contribution >= 0.6 is 0 Å². The van der Waals surface area contributed by atoms with Crippen molar-refractivity contribution in [1.29, 1.82) is 0 Å². The Morgan fingerprint density at radius 2 is 1.23 bits per heavy atom. The quantitative estimate of drug-likeness (QED) is 0.107. The van der Waals surface area contributed by atoms with Crippen LogP contribution in [0, 0.1) is 0 Å². The maximum atomic E-state index is 11.9. The molecule has 1 fully saturated rings. The Morgan fingerprint density at radius 1 is 0.718 bits per heavy atom. The number of nitrogens with one attached hydrogen (secondary N) is 4. The summed E-state index contributed by atoms with van der Waals surface area (Å²) in [4.78, 5) is 35.6. The van der Waals surface area contributed by atoms with Crippen molar-refractivity contribution < 1.29 is 38.1 Å². The van der Waals surface area contributed by atoms with Gasteiger partial charge in [-0.2, -0.15) is 0 Å². The van der Waals surface area contributed by atoms with Gasteiger partial charge in [-0.05, 0) is 24.6 Å². The van der Waals surface area contributed by atoms with Crippen molar-refractivity contribution in [1.82, 2.24) is 21.3 Å². The van der Waals surface area contributed by atoms with Gasteiger partial charge in [0.15, 0.2) is 6.29 Å². The molecule has 2 unspecified atom stereocenters. The van der Waals surface area contributed by atoms with E-state index in [1.165, 1.54) is 6.92 Å². The molecule has 4 atom stereocenters. The molecular weight excluding hydrogens is 508 g/mol. The summed E-state index contributed by atoms with van der Waals surface area (Å²) in [5.74, 6) is -0.568. The van der Waals surface area contributed by atoms with Crippen molar-refractivity contribution in [2.24, 2.45) is 0 Å². The third kappa shape index (κ3) is 11.7. The highest BCUT2D eigenvalue weighted by Gasteiger charge is 2.43. The molecule has 3 rings (SSSR count). The van der Waals surface area contributed by atoms with Gasteiger partial charge in [0.05, 0.1) is 5.56 Å². The lowest BCUT2D eigenvalue weighted by molar-refractivity contribution is -0.123. The number of hydrogen-bond acceptors (Lipinski definition) is 10. The van der Waals surface area contributed by atoms with Gasteiger partial charge in [0.1, 0.15) is 6.10 Å². The van der Waals surface area contributed by atoms with Gasteiger partial charge < -0.3 is 45.0 Å². The van der Waals surface area contributed by atoms with Crippen molar-refractivity contribution in [2.75, 3.05) is 39.3 Å². The van der Waals surface area contributed by atoms with Crippen molar-refractivity contribution >= 4 is 18.2 Å². The maximum absolute atomic E-state index is 11.9. The van der Waals surface area contributed by atoms with Gasteiger partial charge in [0.25, 0.3) is 0 Å². The van der Waals surface area contributed by atoms with Crippen LogP contribution in [0.2, 0.25) is 0 Å². The molecule has 2 aromatic carbocycles. The number of hydrogen-bond donors (Lipinski definition) is 4. The predicted molar refractivity (Wildman–Crippen MR) is 141 cm³/mol. The fourth-order valence-corrected chi connectivity index (χ4v) is 3.43. The van der Waals surface area contributed by atoms with Gasteiger partial charge in [-0.1, -0.05) is 48.5 Å². The van der Waals surface area contributed by atoms with Gasteiger partial charge in [-0.25, -0.2) is 14.4 Å². The molecule has 0 aromatic heterocycles. The average molecular weight is 545 g/mol. The van der Waals surface area contributed by atoms with Crippen molar-refractivity contribution in [2.45, 2.75) is 38.8 Å². The summed E-state index contributed by atoms with van der Waals surface area (Å²) >= 11 is 0. The zero-order valence-corrected chi connectivity index (χ0v) is 22.1. The standard InChI is InChI=1S/C27H36N4O8/c1-19(35-24(32)22-11-7-4-8-12-22)37-26(33)30-17-15-28-13-14-29-16-18-31-27(34)38-20(2)36-25-23(39-25)21-9-5-3-6-10-21/h3-12,19-20,23,25,28-29H,13-18H2,1-2H3,(H,30,33)(H,31,34)/t19-,20-,23?,25?/m0/s1. The lowest BCUT2D eigenvalue weighted by Crippen LogP contribution is -2.38. The molecule has 12 heteroatoms. The van der Waals surface area contributed by atoms with E-state index in [1.54, 1.807) is 37.3 Å². The van der Waals surface area contributed by atoms with Crippen LogP contribution in [0.4, 0.5) is 9.59 Å². The zero-order chi connectivity index (χ0) is 27.9. The molecule has 2 amide bonds. The zero-order valence-electron chi connectivity index (χ0n) is 22.1. The number of benzene rings is 2. The highest BCUT2D eigenvalue weighted by atomic mass is 16.8. The van der Waals surface area contributed by atoms with E-state index in [4.69, 9.17) is 23.7 Å². The molecule has 4 N–H and O–H groups in total. The third-order valence-corrected chi connectivity index (χ3v) is 5.35. The Labute approximate surface area is 227 Å². The minimum absolute atomic E-state index is 0.136. The Hall–Kier alpha value is -3.71. The van der Waals surface area contributed by atoms with Crippen LogP contribution in [0.5, 0.6) is 0 Å². The summed E-state index contributed by atoms with van der Waals surface area (Å²) in [5, 5.41) is 11.6. The molecule has 1 heterocycles. The molecule has 1 aliphatic rings. The van der Waals surface area contributed by atoms with Crippen LogP contribution in [-0.4, -0.2) is 76.3 Å². The second-order valence-corrected chi connectivity index (χ2v) is 8.54. The lowest BCUT2D eigenvalue weighted by atomic mass is 10.2. The van der Waals surface area contributed by atoms with Gasteiger partial charge in [-0.15, -0.1) is 0 Å². The number of ether oxygens (including phenoxy) is 5. The largest absolute Gasteiger partial charge is 0.422 e. The van der Waals surface area contributed by atoms with Gasteiger partial charge in [0, 0.05) is 46.2 Å². The van der Waals surface area contributed by atoms with E-state index >= 15 is 0 Å². The van der Waals surface area contributed by atoms with Gasteiger partial charge >= 0.3 is 18.2 Å². The molecule has 0 saturated carbocycles. The Balaban J connectivity index is 1.10. The summed E-state index contributed by atoms with van der Waals surface area (Å²) in [7, 11) is 0. The lowest BCUT2D eigenvalue weighted by Gasteiger charge is -2.15. The molecule has 0 bridgehead atoms. The second-order valence-electron chi connectivity index (χ2n) is 8.54. The fourth-order valence-electron chi connectivity index (χ4n) is 3.43. The fraction of sp³-hybridized carbons (Fsp3) is 0.444. The number of carbonyl (C=O) groups excluding carboxylic acids is 3. The van der Waals surface area contributed by atoms with E-state index in [9.17, 15) is 14.4 Å². The van der Waals surface area contributed by atoms with Crippen LogP contribution in [-0.2, 0) is 23.7 Å². The minimum Gasteiger partial charge on any atom is -0.422 e. The maximum Gasteiger partial charge on any atom is 0.410 e. The van der Waals surface area contributed by atoms with Gasteiger partial charge in [0.2, 0.25) is 12.6 Å². The Morgan fingerprint density at radius 3 is 1.82 bits per heavy atom. The van der Waals surface area contributed by atoms with E-state index in [1.807, 2.05) is 30.3 Å². The van der Waals surface area contributed by atoms with Crippen molar-refractivity contribution in [3.8, 4) is 0 Å². The highest BCUT2D eigenvalue weighted by Crippen LogP contribution is 2.39.